The Morgan fingerprint density at radius 1 is 1.45 bits per heavy atom. The zero-order valence-electron chi connectivity index (χ0n) is 11.0. The summed E-state index contributed by atoms with van der Waals surface area (Å²) in [5, 5.41) is 0. The van der Waals surface area contributed by atoms with Crippen LogP contribution in [0, 0.1) is 0 Å². The van der Waals surface area contributed by atoms with Gasteiger partial charge in [-0.25, -0.2) is 15.8 Å². The molecule has 0 aromatic carbocycles. The number of rotatable bonds is 4. The van der Waals surface area contributed by atoms with Crippen molar-refractivity contribution in [1.82, 2.24) is 14.4 Å². The first kappa shape index (κ1) is 14.4. The molecule has 0 aliphatic heterocycles. The van der Waals surface area contributed by atoms with E-state index < -0.39 is 18.8 Å². The van der Waals surface area contributed by atoms with E-state index in [0.29, 0.717) is 5.65 Å². The fourth-order valence-electron chi connectivity index (χ4n) is 1.87. The molecule has 0 saturated heterocycles. The van der Waals surface area contributed by atoms with Crippen LogP contribution in [-0.2, 0) is 0 Å². The summed E-state index contributed by atoms with van der Waals surface area (Å²) < 4.78 is 39.7. The fourth-order valence-corrected chi connectivity index (χ4v) is 1.87. The van der Waals surface area contributed by atoms with Gasteiger partial charge in [-0.05, 0) is 13.8 Å². The summed E-state index contributed by atoms with van der Waals surface area (Å²) in [7, 11) is 0. The number of halogens is 3. The second-order valence-corrected chi connectivity index (χ2v) is 4.59. The van der Waals surface area contributed by atoms with Gasteiger partial charge in [0.25, 0.3) is 0 Å². The Kier molecular flexibility index (Phi) is 3.71. The molecule has 3 N–H and O–H groups in total. The first-order valence-corrected chi connectivity index (χ1v) is 5.95. The van der Waals surface area contributed by atoms with Crippen LogP contribution in [0.1, 0.15) is 13.8 Å². The van der Waals surface area contributed by atoms with E-state index in [0.717, 1.165) is 4.90 Å². The molecular weight excluding hydrogens is 273 g/mol. The SMILES string of the molecule is CC(C)N(CC(F)(F)F)c1nc(NN)cn2ccnc12. The lowest BCUT2D eigenvalue weighted by molar-refractivity contribution is -0.120. The monoisotopic (exact) mass is 288 g/mol. The second kappa shape index (κ2) is 5.16. The minimum Gasteiger partial charge on any atom is -0.342 e. The van der Waals surface area contributed by atoms with Gasteiger partial charge >= 0.3 is 6.18 Å². The summed E-state index contributed by atoms with van der Waals surface area (Å²) in [6.07, 6.45) is 0.333. The van der Waals surface area contributed by atoms with E-state index in [9.17, 15) is 13.2 Å². The lowest BCUT2D eigenvalue weighted by Crippen LogP contribution is -2.40. The number of nitrogens with zero attached hydrogens (tertiary/aromatic N) is 4. The maximum Gasteiger partial charge on any atom is 0.405 e. The van der Waals surface area contributed by atoms with Crippen molar-refractivity contribution in [2.75, 3.05) is 16.9 Å². The molecule has 2 rings (SSSR count). The van der Waals surface area contributed by atoms with Gasteiger partial charge in [-0.3, -0.25) is 0 Å². The van der Waals surface area contributed by atoms with Gasteiger partial charge in [0.05, 0.1) is 6.20 Å². The van der Waals surface area contributed by atoms with Gasteiger partial charge < -0.3 is 14.7 Å². The van der Waals surface area contributed by atoms with E-state index in [2.05, 4.69) is 15.4 Å². The minimum absolute atomic E-state index is 0.137. The quantitative estimate of drug-likeness (QED) is 0.663. The van der Waals surface area contributed by atoms with E-state index in [4.69, 9.17) is 5.84 Å². The number of nitrogens with two attached hydrogens (primary N) is 1. The summed E-state index contributed by atoms with van der Waals surface area (Å²) in [6.45, 7) is 2.22. The van der Waals surface area contributed by atoms with Crippen molar-refractivity contribution in [3.05, 3.63) is 18.6 Å². The number of aromatic nitrogens is 3. The predicted molar refractivity (Wildman–Crippen MR) is 69.3 cm³/mol. The summed E-state index contributed by atoms with van der Waals surface area (Å²) in [5.41, 5.74) is 2.69. The molecule has 2 aromatic rings. The average molecular weight is 288 g/mol. The maximum atomic E-state index is 12.7. The molecule has 0 amide bonds. The number of imidazole rings is 1. The number of fused-ring (bicyclic) bond motifs is 1. The highest BCUT2D eigenvalue weighted by molar-refractivity contribution is 5.67. The number of alkyl halides is 3. The summed E-state index contributed by atoms with van der Waals surface area (Å²) >= 11 is 0. The molecule has 9 heteroatoms. The van der Waals surface area contributed by atoms with Gasteiger partial charge in [-0.1, -0.05) is 0 Å². The van der Waals surface area contributed by atoms with Crippen molar-refractivity contribution >= 4 is 17.3 Å². The largest absolute Gasteiger partial charge is 0.405 e. The predicted octanol–water partition coefficient (Wildman–Crippen LogP) is 1.79. The van der Waals surface area contributed by atoms with Gasteiger partial charge in [0, 0.05) is 18.4 Å². The number of hydrogen-bond donors (Lipinski definition) is 2. The Morgan fingerprint density at radius 2 is 2.15 bits per heavy atom. The van der Waals surface area contributed by atoms with Gasteiger partial charge in [-0.15, -0.1) is 0 Å². The first-order chi connectivity index (χ1) is 9.31. The van der Waals surface area contributed by atoms with Crippen molar-refractivity contribution in [2.24, 2.45) is 5.84 Å². The molecule has 110 valence electrons. The van der Waals surface area contributed by atoms with Gasteiger partial charge in [0.2, 0.25) is 0 Å². The highest BCUT2D eigenvalue weighted by atomic mass is 19.4. The zero-order chi connectivity index (χ0) is 14.9. The number of anilines is 2. The Labute approximate surface area is 113 Å². The van der Waals surface area contributed by atoms with E-state index in [1.807, 2.05) is 0 Å². The van der Waals surface area contributed by atoms with Crippen molar-refractivity contribution in [2.45, 2.75) is 26.1 Å². The standard InChI is InChI=1S/C11H15F3N6/c1-7(2)20(6-11(12,13)14)10-9-16-3-4-19(9)5-8(17-10)18-15/h3-5,7,18H,6,15H2,1-2H3. The number of nitrogen functional groups attached to an aromatic ring is 1. The van der Waals surface area contributed by atoms with Crippen LogP contribution in [-0.4, -0.2) is 33.1 Å². The Morgan fingerprint density at radius 3 is 2.70 bits per heavy atom. The Hall–Kier alpha value is -2.03. The summed E-state index contributed by atoms with van der Waals surface area (Å²) in [5.74, 6) is 5.69. The van der Waals surface area contributed by atoms with Crippen molar-refractivity contribution in [1.29, 1.82) is 0 Å². The van der Waals surface area contributed by atoms with Crippen molar-refractivity contribution < 1.29 is 13.2 Å². The molecule has 0 aliphatic rings. The van der Waals surface area contributed by atoms with Crippen LogP contribution in [0.3, 0.4) is 0 Å². The smallest absolute Gasteiger partial charge is 0.342 e. The van der Waals surface area contributed by atoms with Gasteiger partial charge in [-0.2, -0.15) is 13.2 Å². The Bertz CT molecular complexity index is 591. The molecule has 0 spiro atoms. The number of nitrogens with one attached hydrogen (secondary N) is 1. The molecule has 0 fully saturated rings. The van der Waals surface area contributed by atoms with Gasteiger partial charge in [0.15, 0.2) is 17.3 Å². The van der Waals surface area contributed by atoms with Gasteiger partial charge in [0.1, 0.15) is 6.54 Å². The molecule has 0 atom stereocenters. The third kappa shape index (κ3) is 2.93. The molecule has 6 nitrogen and oxygen atoms in total. The van der Waals surface area contributed by atoms with Crippen molar-refractivity contribution in [3.8, 4) is 0 Å². The number of hydrogen-bond acceptors (Lipinski definition) is 5. The molecule has 2 heterocycles. The van der Waals surface area contributed by atoms with E-state index in [-0.39, 0.29) is 11.6 Å². The van der Waals surface area contributed by atoms with Crippen molar-refractivity contribution in [3.63, 3.8) is 0 Å². The Balaban J connectivity index is 2.54. The van der Waals surface area contributed by atoms with E-state index in [1.165, 1.54) is 6.20 Å². The van der Waals surface area contributed by atoms with Crippen LogP contribution < -0.4 is 16.2 Å². The van der Waals surface area contributed by atoms with Crippen LogP contribution in [0.15, 0.2) is 18.6 Å². The number of hydrazine groups is 1. The highest BCUT2D eigenvalue weighted by Gasteiger charge is 2.33. The molecule has 0 saturated carbocycles. The van der Waals surface area contributed by atoms with Crippen LogP contribution in [0.4, 0.5) is 24.8 Å². The van der Waals surface area contributed by atoms with Crippen LogP contribution in [0.5, 0.6) is 0 Å². The highest BCUT2D eigenvalue weighted by Crippen LogP contribution is 2.26. The third-order valence-electron chi connectivity index (χ3n) is 2.75. The van der Waals surface area contributed by atoms with E-state index in [1.54, 1.807) is 30.6 Å². The molecule has 0 unspecified atom stereocenters. The summed E-state index contributed by atoms with van der Waals surface area (Å²) in [4.78, 5) is 9.30. The first-order valence-electron chi connectivity index (χ1n) is 5.95. The minimum atomic E-state index is -4.33. The lowest BCUT2D eigenvalue weighted by Gasteiger charge is -2.29. The normalized spacial score (nSPS) is 12.2. The van der Waals surface area contributed by atoms with Crippen LogP contribution >= 0.6 is 0 Å². The lowest BCUT2D eigenvalue weighted by atomic mass is 10.3. The van der Waals surface area contributed by atoms with Crippen LogP contribution in [0.25, 0.3) is 5.65 Å². The third-order valence-corrected chi connectivity index (χ3v) is 2.75. The molecule has 20 heavy (non-hydrogen) atoms. The fraction of sp³-hybridized carbons (Fsp3) is 0.455. The molecule has 0 radical (unpaired) electrons. The van der Waals surface area contributed by atoms with Crippen LogP contribution in [0.2, 0.25) is 0 Å². The molecular formula is C11H15F3N6. The second-order valence-electron chi connectivity index (χ2n) is 4.59. The average Bonchev–Trinajstić information content (AvgIpc) is 2.81. The molecule has 0 bridgehead atoms. The zero-order valence-corrected chi connectivity index (χ0v) is 11.0. The molecule has 0 aliphatic carbocycles. The summed E-state index contributed by atoms with van der Waals surface area (Å²) in [6, 6.07) is -0.391. The maximum absolute atomic E-state index is 12.7. The van der Waals surface area contributed by atoms with E-state index >= 15 is 0 Å². The molecule has 2 aromatic heterocycles. The topological polar surface area (TPSA) is 71.5 Å².